The molecule has 0 atom stereocenters. The quantitative estimate of drug-likeness (QED) is 0.866. The summed E-state index contributed by atoms with van der Waals surface area (Å²) in [6, 6.07) is 3.87. The molecule has 0 aliphatic carbocycles. The van der Waals surface area contributed by atoms with Crippen LogP contribution < -0.4 is 14.2 Å². The highest BCUT2D eigenvalue weighted by atomic mass is 32.2. The minimum absolute atomic E-state index is 0.0866. The Balaban J connectivity index is 3.11. The fourth-order valence-electron chi connectivity index (χ4n) is 1.15. The molecular weight excluding hydrogens is 268 g/mol. The molecule has 0 bridgehead atoms. The maximum absolute atomic E-state index is 12.2. The predicted octanol–water partition coefficient (Wildman–Crippen LogP) is 2.06. The van der Waals surface area contributed by atoms with Gasteiger partial charge in [-0.15, -0.1) is 0 Å². The molecule has 102 valence electrons. The summed E-state index contributed by atoms with van der Waals surface area (Å²) in [5.41, 5.74) is -0.0866. The number of halogens is 2. The number of sulfonamides is 1. The summed E-state index contributed by atoms with van der Waals surface area (Å²) in [5, 5.41) is 0. The minimum Gasteiger partial charge on any atom is -0.497 e. The number of alkyl halides is 2. The molecule has 0 unspecified atom stereocenters. The number of hydrogen-bond donors (Lipinski definition) is 1. The largest absolute Gasteiger partial charge is 0.497 e. The lowest BCUT2D eigenvalue weighted by atomic mass is 10.3. The number of methoxy groups -OCH3 is 1. The van der Waals surface area contributed by atoms with Crippen LogP contribution in [-0.2, 0) is 10.0 Å². The summed E-state index contributed by atoms with van der Waals surface area (Å²) in [7, 11) is -2.21. The summed E-state index contributed by atoms with van der Waals surface area (Å²) >= 11 is 0. The standard InChI is InChI=1S/C10H13F2NO4S/c1-3-18(14,15)13-8-6-7(16-2)4-5-9(8)17-10(11)12/h4-6,10,13H,3H2,1-2H3. The zero-order valence-corrected chi connectivity index (χ0v) is 10.6. The van der Waals surface area contributed by atoms with Crippen LogP contribution in [0, 0.1) is 0 Å². The Morgan fingerprint density at radius 1 is 1.39 bits per heavy atom. The van der Waals surface area contributed by atoms with E-state index in [1.807, 2.05) is 0 Å². The minimum atomic E-state index is -3.59. The first-order chi connectivity index (χ1) is 8.38. The number of nitrogens with one attached hydrogen (secondary N) is 1. The van der Waals surface area contributed by atoms with E-state index in [1.165, 1.54) is 32.2 Å². The van der Waals surface area contributed by atoms with Gasteiger partial charge in [-0.05, 0) is 19.1 Å². The van der Waals surface area contributed by atoms with Gasteiger partial charge in [0.2, 0.25) is 10.0 Å². The lowest BCUT2D eigenvalue weighted by molar-refractivity contribution is -0.0493. The lowest BCUT2D eigenvalue weighted by Crippen LogP contribution is -2.16. The van der Waals surface area contributed by atoms with Gasteiger partial charge in [-0.3, -0.25) is 4.72 Å². The molecule has 0 saturated carbocycles. The third-order valence-electron chi connectivity index (χ3n) is 2.05. The second-order valence-corrected chi connectivity index (χ2v) is 5.26. The highest BCUT2D eigenvalue weighted by Gasteiger charge is 2.15. The van der Waals surface area contributed by atoms with E-state index >= 15 is 0 Å². The molecule has 0 aromatic heterocycles. The Morgan fingerprint density at radius 2 is 2.06 bits per heavy atom. The highest BCUT2D eigenvalue weighted by Crippen LogP contribution is 2.31. The van der Waals surface area contributed by atoms with Crippen LogP contribution in [0.1, 0.15) is 6.92 Å². The van der Waals surface area contributed by atoms with Gasteiger partial charge in [0.05, 0.1) is 18.6 Å². The maximum atomic E-state index is 12.2. The number of anilines is 1. The average Bonchev–Trinajstić information content (AvgIpc) is 2.30. The first-order valence-electron chi connectivity index (χ1n) is 5.01. The molecule has 0 fully saturated rings. The van der Waals surface area contributed by atoms with Crippen LogP contribution in [-0.4, -0.2) is 27.9 Å². The smallest absolute Gasteiger partial charge is 0.387 e. The van der Waals surface area contributed by atoms with Gasteiger partial charge in [0.1, 0.15) is 11.5 Å². The number of benzene rings is 1. The van der Waals surface area contributed by atoms with Gasteiger partial charge in [0, 0.05) is 6.07 Å². The van der Waals surface area contributed by atoms with Crippen molar-refractivity contribution in [1.29, 1.82) is 0 Å². The fraction of sp³-hybridized carbons (Fsp3) is 0.400. The van der Waals surface area contributed by atoms with Gasteiger partial charge < -0.3 is 9.47 Å². The molecule has 18 heavy (non-hydrogen) atoms. The third-order valence-corrected chi connectivity index (χ3v) is 3.34. The average molecular weight is 281 g/mol. The van der Waals surface area contributed by atoms with Crippen LogP contribution in [0.4, 0.5) is 14.5 Å². The van der Waals surface area contributed by atoms with Gasteiger partial charge in [-0.1, -0.05) is 0 Å². The van der Waals surface area contributed by atoms with Gasteiger partial charge in [0.15, 0.2) is 0 Å². The van der Waals surface area contributed by atoms with Crippen molar-refractivity contribution in [2.75, 3.05) is 17.6 Å². The van der Waals surface area contributed by atoms with Crippen LogP contribution in [0.15, 0.2) is 18.2 Å². The topological polar surface area (TPSA) is 64.6 Å². The fourth-order valence-corrected chi connectivity index (χ4v) is 1.79. The number of ether oxygens (including phenoxy) is 2. The molecule has 1 aromatic rings. The first kappa shape index (κ1) is 14.5. The van der Waals surface area contributed by atoms with Crippen molar-refractivity contribution in [1.82, 2.24) is 0 Å². The molecule has 0 amide bonds. The zero-order valence-electron chi connectivity index (χ0n) is 9.81. The van der Waals surface area contributed by atoms with E-state index in [9.17, 15) is 17.2 Å². The monoisotopic (exact) mass is 281 g/mol. The van der Waals surface area contributed by atoms with E-state index < -0.39 is 16.6 Å². The van der Waals surface area contributed by atoms with E-state index in [0.29, 0.717) is 5.75 Å². The Hall–Kier alpha value is -1.57. The molecule has 0 aliphatic rings. The van der Waals surface area contributed by atoms with Crippen LogP contribution in [0.2, 0.25) is 0 Å². The number of rotatable bonds is 6. The predicted molar refractivity (Wildman–Crippen MR) is 62.7 cm³/mol. The van der Waals surface area contributed by atoms with E-state index in [4.69, 9.17) is 4.74 Å². The summed E-state index contributed by atoms with van der Waals surface area (Å²) < 4.78 is 58.4. The van der Waals surface area contributed by atoms with Crippen molar-refractivity contribution in [3.63, 3.8) is 0 Å². The number of hydrogen-bond acceptors (Lipinski definition) is 4. The molecule has 1 rings (SSSR count). The van der Waals surface area contributed by atoms with Gasteiger partial charge in [-0.2, -0.15) is 8.78 Å². The van der Waals surface area contributed by atoms with E-state index in [-0.39, 0.29) is 17.2 Å². The highest BCUT2D eigenvalue weighted by molar-refractivity contribution is 7.92. The van der Waals surface area contributed by atoms with Crippen molar-refractivity contribution in [3.05, 3.63) is 18.2 Å². The summed E-state index contributed by atoms with van der Waals surface area (Å²) in [4.78, 5) is 0. The molecular formula is C10H13F2NO4S. The van der Waals surface area contributed by atoms with Crippen LogP contribution in [0.25, 0.3) is 0 Å². The second kappa shape index (κ2) is 5.85. The Kier molecular flexibility index (Phi) is 4.71. The van der Waals surface area contributed by atoms with Gasteiger partial charge in [0.25, 0.3) is 0 Å². The maximum Gasteiger partial charge on any atom is 0.387 e. The zero-order chi connectivity index (χ0) is 13.8. The van der Waals surface area contributed by atoms with Crippen molar-refractivity contribution in [3.8, 4) is 11.5 Å². The Morgan fingerprint density at radius 3 is 2.56 bits per heavy atom. The normalized spacial score (nSPS) is 11.4. The van der Waals surface area contributed by atoms with Gasteiger partial charge >= 0.3 is 6.61 Å². The Bertz CT molecular complexity index is 505. The molecule has 0 spiro atoms. The molecule has 0 aliphatic heterocycles. The van der Waals surface area contributed by atoms with Crippen LogP contribution >= 0.6 is 0 Å². The van der Waals surface area contributed by atoms with Gasteiger partial charge in [-0.25, -0.2) is 8.42 Å². The van der Waals surface area contributed by atoms with Crippen molar-refractivity contribution in [2.45, 2.75) is 13.5 Å². The Labute approximate surface area is 104 Å². The summed E-state index contributed by atoms with van der Waals surface area (Å²) in [5.74, 6) is -0.119. The molecule has 0 heterocycles. The molecule has 0 radical (unpaired) electrons. The SMILES string of the molecule is CCS(=O)(=O)Nc1cc(OC)ccc1OC(F)F. The molecule has 1 aromatic carbocycles. The van der Waals surface area contributed by atoms with Crippen molar-refractivity contribution >= 4 is 15.7 Å². The van der Waals surface area contributed by atoms with Crippen molar-refractivity contribution < 1.29 is 26.7 Å². The van der Waals surface area contributed by atoms with E-state index in [0.717, 1.165) is 0 Å². The van der Waals surface area contributed by atoms with Crippen LogP contribution in [0.5, 0.6) is 11.5 Å². The summed E-state index contributed by atoms with van der Waals surface area (Å²) in [6.07, 6.45) is 0. The lowest BCUT2D eigenvalue weighted by Gasteiger charge is -2.13. The summed E-state index contributed by atoms with van der Waals surface area (Å²) in [6.45, 7) is -1.61. The molecule has 1 N–H and O–H groups in total. The van der Waals surface area contributed by atoms with E-state index in [1.54, 1.807) is 0 Å². The van der Waals surface area contributed by atoms with Crippen LogP contribution in [0.3, 0.4) is 0 Å². The third kappa shape index (κ3) is 4.02. The molecule has 8 heteroatoms. The van der Waals surface area contributed by atoms with Crippen molar-refractivity contribution in [2.24, 2.45) is 0 Å². The molecule has 5 nitrogen and oxygen atoms in total. The molecule has 0 saturated heterocycles. The van der Waals surface area contributed by atoms with E-state index in [2.05, 4.69) is 9.46 Å². The second-order valence-electron chi connectivity index (χ2n) is 3.25. The first-order valence-corrected chi connectivity index (χ1v) is 6.66.